The maximum absolute atomic E-state index is 8.89. The fraction of sp³-hybridized carbons (Fsp3) is 0.250. The highest BCUT2D eigenvalue weighted by atomic mass is 79.9. The second-order valence-electron chi connectivity index (χ2n) is 3.71. The number of benzene rings is 2. The minimum Gasteiger partial charge on any atom is -0.506 e. The lowest BCUT2D eigenvalue weighted by Crippen LogP contribution is -1.98. The molecule has 0 heterocycles. The lowest BCUT2D eigenvalue weighted by molar-refractivity contribution is 0.343. The predicted octanol–water partition coefficient (Wildman–Crippen LogP) is 7.80. The average molecular weight is 509 g/mol. The lowest BCUT2D eigenvalue weighted by Gasteiger charge is -2.05. The van der Waals surface area contributed by atoms with Gasteiger partial charge in [0.15, 0.2) is 0 Å². The summed E-state index contributed by atoms with van der Waals surface area (Å²) in [5.74, 6) is 1.24. The fourth-order valence-electron chi connectivity index (χ4n) is 1.22. The zero-order chi connectivity index (χ0) is 15.8. The van der Waals surface area contributed by atoms with Gasteiger partial charge < -0.3 is 9.84 Å². The molecule has 0 aromatic heterocycles. The van der Waals surface area contributed by atoms with Crippen LogP contribution in [0.1, 0.15) is 14.9 Å². The number of ether oxygens (including phenoxy) is 1. The van der Waals surface area contributed by atoms with Crippen LogP contribution >= 0.6 is 66.7 Å². The van der Waals surface area contributed by atoms with E-state index < -0.39 is 0 Å². The van der Waals surface area contributed by atoms with E-state index in [0.717, 1.165) is 8.95 Å². The van der Waals surface area contributed by atoms with Gasteiger partial charge >= 0.3 is 0 Å². The van der Waals surface area contributed by atoms with Crippen molar-refractivity contribution in [3.8, 4) is 11.5 Å². The van der Waals surface area contributed by atoms with Gasteiger partial charge in [0.1, 0.15) is 18.1 Å². The summed E-state index contributed by atoms with van der Waals surface area (Å²) in [5.41, 5.74) is 0. The first-order chi connectivity index (χ1) is 9.93. The van der Waals surface area contributed by atoms with Crippen molar-refractivity contribution in [2.24, 2.45) is 0 Å². The summed E-state index contributed by atoms with van der Waals surface area (Å²) >= 11 is 23.4. The van der Waals surface area contributed by atoms with Crippen molar-refractivity contribution in [2.75, 3.05) is 12.5 Å². The highest BCUT2D eigenvalue weighted by Gasteiger charge is 2.00. The van der Waals surface area contributed by atoms with Crippen molar-refractivity contribution in [3.63, 3.8) is 0 Å². The molecule has 2 rings (SSSR count). The predicted molar refractivity (Wildman–Crippen MR) is 110 cm³/mol. The molecule has 0 radical (unpaired) electrons. The molecule has 2 nitrogen and oxygen atoms in total. The molecule has 0 aliphatic heterocycles. The molecular weight excluding hydrogens is 490 g/mol. The van der Waals surface area contributed by atoms with E-state index in [4.69, 9.17) is 44.6 Å². The number of hydrogen-bond donors (Lipinski definition) is 1. The summed E-state index contributed by atoms with van der Waals surface area (Å²) in [6.45, 7) is 0.475. The first-order valence-electron chi connectivity index (χ1n) is 5.72. The van der Waals surface area contributed by atoms with Gasteiger partial charge in [-0.05, 0) is 36.4 Å². The molecule has 0 bridgehead atoms. The van der Waals surface area contributed by atoms with Gasteiger partial charge in [-0.3, -0.25) is 0 Å². The van der Waals surface area contributed by atoms with E-state index in [-0.39, 0.29) is 20.6 Å². The maximum atomic E-state index is 8.89. The van der Waals surface area contributed by atoms with Gasteiger partial charge in [0, 0.05) is 8.95 Å². The third kappa shape index (κ3) is 9.68. The normalized spacial score (nSPS) is 8.91. The SMILES string of the molecule is C.C.ClCCOc1ccc(Br)cc1Cl.Oc1ccc(Br)cc1Cl. The molecule has 1 N–H and O–H groups in total. The summed E-state index contributed by atoms with van der Waals surface area (Å²) in [6.07, 6.45) is 0. The van der Waals surface area contributed by atoms with Crippen LogP contribution in [0.4, 0.5) is 0 Å². The Balaban J connectivity index is 0. The van der Waals surface area contributed by atoms with Crippen LogP contribution in [0.2, 0.25) is 10.0 Å². The van der Waals surface area contributed by atoms with E-state index in [1.54, 1.807) is 24.3 Å². The van der Waals surface area contributed by atoms with E-state index in [9.17, 15) is 0 Å². The Bertz CT molecular complexity index is 596. The summed E-state index contributed by atoms with van der Waals surface area (Å²) in [5, 5.41) is 9.85. The Labute approximate surface area is 170 Å². The van der Waals surface area contributed by atoms with Gasteiger partial charge in [-0.2, -0.15) is 0 Å². The molecular formula is C16H19Br2Cl3O2. The van der Waals surface area contributed by atoms with Crippen molar-refractivity contribution in [1.29, 1.82) is 0 Å². The topological polar surface area (TPSA) is 29.5 Å². The third-order valence-electron chi connectivity index (χ3n) is 2.14. The monoisotopic (exact) mass is 506 g/mol. The summed E-state index contributed by atoms with van der Waals surface area (Å²) < 4.78 is 7.06. The smallest absolute Gasteiger partial charge is 0.138 e. The summed E-state index contributed by atoms with van der Waals surface area (Å²) in [7, 11) is 0. The number of rotatable bonds is 3. The number of alkyl halides is 1. The molecule has 0 saturated carbocycles. The van der Waals surface area contributed by atoms with Gasteiger partial charge in [-0.25, -0.2) is 0 Å². The van der Waals surface area contributed by atoms with Crippen LogP contribution in [-0.2, 0) is 0 Å². The van der Waals surface area contributed by atoms with Crippen LogP contribution in [0.25, 0.3) is 0 Å². The maximum Gasteiger partial charge on any atom is 0.138 e. The second-order valence-corrected chi connectivity index (χ2v) is 6.73. The number of halogens is 5. The number of hydrogen-bond acceptors (Lipinski definition) is 2. The molecule has 0 aliphatic rings. The van der Waals surface area contributed by atoms with Crippen molar-refractivity contribution >= 4 is 66.7 Å². The van der Waals surface area contributed by atoms with E-state index in [1.807, 2.05) is 6.07 Å². The van der Waals surface area contributed by atoms with Crippen LogP contribution in [-0.4, -0.2) is 17.6 Å². The molecule has 0 atom stereocenters. The second kappa shape index (κ2) is 13.2. The van der Waals surface area contributed by atoms with E-state index in [2.05, 4.69) is 31.9 Å². The van der Waals surface area contributed by atoms with Crippen molar-refractivity contribution in [3.05, 3.63) is 55.4 Å². The number of aromatic hydroxyl groups is 1. The lowest BCUT2D eigenvalue weighted by atomic mass is 10.3. The molecule has 130 valence electrons. The van der Waals surface area contributed by atoms with Crippen molar-refractivity contribution in [1.82, 2.24) is 0 Å². The minimum atomic E-state index is 0. The van der Waals surface area contributed by atoms with Crippen LogP contribution < -0.4 is 4.74 Å². The van der Waals surface area contributed by atoms with Crippen molar-refractivity contribution < 1.29 is 9.84 Å². The van der Waals surface area contributed by atoms with E-state index in [0.29, 0.717) is 28.3 Å². The Morgan fingerprint density at radius 3 is 1.87 bits per heavy atom. The molecule has 0 unspecified atom stereocenters. The molecule has 2 aromatic rings. The number of phenols is 1. The van der Waals surface area contributed by atoms with Gasteiger partial charge in [0.05, 0.1) is 15.9 Å². The van der Waals surface area contributed by atoms with Gasteiger partial charge in [0.25, 0.3) is 0 Å². The molecule has 7 heteroatoms. The van der Waals surface area contributed by atoms with E-state index in [1.165, 1.54) is 6.07 Å². The fourth-order valence-corrected chi connectivity index (χ4v) is 2.70. The van der Waals surface area contributed by atoms with Crippen LogP contribution in [0, 0.1) is 0 Å². The molecule has 0 amide bonds. The molecule has 2 aromatic carbocycles. The quantitative estimate of drug-likeness (QED) is 0.428. The van der Waals surface area contributed by atoms with E-state index >= 15 is 0 Å². The zero-order valence-corrected chi connectivity index (χ0v) is 16.1. The first kappa shape index (κ1) is 25.1. The van der Waals surface area contributed by atoms with Gasteiger partial charge in [-0.1, -0.05) is 69.9 Å². The van der Waals surface area contributed by atoms with Gasteiger partial charge in [0.2, 0.25) is 0 Å². The Morgan fingerprint density at radius 2 is 1.43 bits per heavy atom. The summed E-state index contributed by atoms with van der Waals surface area (Å²) in [4.78, 5) is 0. The summed E-state index contributed by atoms with van der Waals surface area (Å²) in [6, 6.07) is 10.4. The minimum absolute atomic E-state index is 0. The molecule has 0 spiro atoms. The first-order valence-corrected chi connectivity index (χ1v) is 8.59. The molecule has 23 heavy (non-hydrogen) atoms. The molecule has 0 aliphatic carbocycles. The van der Waals surface area contributed by atoms with Crippen molar-refractivity contribution in [2.45, 2.75) is 14.9 Å². The van der Waals surface area contributed by atoms with Crippen LogP contribution in [0.5, 0.6) is 11.5 Å². The Kier molecular flexibility index (Phi) is 14.4. The molecule has 0 saturated heterocycles. The Morgan fingerprint density at radius 1 is 0.913 bits per heavy atom. The standard InChI is InChI=1S/C8H7BrCl2O.C6H4BrClO.2CH4/c9-6-1-2-8(7(11)5-6)12-4-3-10;7-4-1-2-6(9)5(8)3-4;;/h1-2,5H,3-4H2;1-3,9H;2*1H4. The molecule has 0 fully saturated rings. The third-order valence-corrected chi connectivity index (χ3v) is 3.88. The highest BCUT2D eigenvalue weighted by Crippen LogP contribution is 2.27. The highest BCUT2D eigenvalue weighted by molar-refractivity contribution is 9.10. The van der Waals surface area contributed by atoms with Crippen LogP contribution in [0.3, 0.4) is 0 Å². The largest absolute Gasteiger partial charge is 0.506 e. The average Bonchev–Trinajstić information content (AvgIpc) is 2.43. The van der Waals surface area contributed by atoms with Crippen LogP contribution in [0.15, 0.2) is 45.3 Å². The zero-order valence-electron chi connectivity index (χ0n) is 10.6. The Hall–Kier alpha value is -0.130. The van der Waals surface area contributed by atoms with Gasteiger partial charge in [-0.15, -0.1) is 11.6 Å². The number of phenolic OH excluding ortho intramolecular Hbond substituents is 1.